The van der Waals surface area contributed by atoms with Crippen LogP contribution in [0.3, 0.4) is 0 Å². The fourth-order valence-electron chi connectivity index (χ4n) is 2.54. The van der Waals surface area contributed by atoms with E-state index in [4.69, 9.17) is 0 Å². The summed E-state index contributed by atoms with van der Waals surface area (Å²) in [7, 11) is 0. The lowest BCUT2D eigenvalue weighted by Crippen LogP contribution is -2.46. The van der Waals surface area contributed by atoms with Crippen molar-refractivity contribution in [3.8, 4) is 11.5 Å². The number of phenolic OH excluding ortho intramolecular Hbond substituents is 2. The Hall–Kier alpha value is -1.75. The summed E-state index contributed by atoms with van der Waals surface area (Å²) in [6, 6.07) is 4.30. The molecule has 2 rings (SSSR count). The third-order valence-electron chi connectivity index (χ3n) is 3.56. The van der Waals surface area contributed by atoms with Gasteiger partial charge in [-0.25, -0.2) is 0 Å². The van der Waals surface area contributed by atoms with Gasteiger partial charge in [0.25, 0.3) is 5.91 Å². The zero-order valence-corrected chi connectivity index (χ0v) is 11.1. The van der Waals surface area contributed by atoms with Crippen LogP contribution in [0.1, 0.15) is 30.1 Å². The number of hydrogen-bond acceptors (Lipinski definition) is 4. The molecule has 104 valence electrons. The summed E-state index contributed by atoms with van der Waals surface area (Å²) < 4.78 is 0. The van der Waals surface area contributed by atoms with E-state index in [1.165, 1.54) is 18.2 Å². The minimum atomic E-state index is -0.174. The summed E-state index contributed by atoms with van der Waals surface area (Å²) in [5.41, 5.74) is 0.248. The number of aromatic hydroxyl groups is 2. The van der Waals surface area contributed by atoms with Crippen molar-refractivity contribution in [3.05, 3.63) is 23.8 Å². The fourth-order valence-corrected chi connectivity index (χ4v) is 2.54. The van der Waals surface area contributed by atoms with Gasteiger partial charge in [-0.3, -0.25) is 4.79 Å². The van der Waals surface area contributed by atoms with Crippen LogP contribution < -0.4 is 5.32 Å². The lowest BCUT2D eigenvalue weighted by molar-refractivity contribution is 0.0653. The Bertz CT molecular complexity index is 456. The smallest absolute Gasteiger partial charge is 0.257 e. The number of nitrogens with one attached hydrogen (secondary N) is 1. The summed E-state index contributed by atoms with van der Waals surface area (Å²) >= 11 is 0. The van der Waals surface area contributed by atoms with Crippen molar-refractivity contribution in [2.24, 2.45) is 0 Å². The predicted octanol–water partition coefficient (Wildman–Crippen LogP) is 1.31. The van der Waals surface area contributed by atoms with E-state index in [1.807, 2.05) is 6.92 Å². The van der Waals surface area contributed by atoms with E-state index in [9.17, 15) is 15.0 Å². The zero-order chi connectivity index (χ0) is 13.8. The van der Waals surface area contributed by atoms with Crippen LogP contribution in [0.15, 0.2) is 18.2 Å². The Morgan fingerprint density at radius 2 is 2.05 bits per heavy atom. The van der Waals surface area contributed by atoms with Crippen LogP contribution in [-0.4, -0.2) is 46.7 Å². The van der Waals surface area contributed by atoms with Crippen molar-refractivity contribution >= 4 is 5.91 Å². The number of piperidine rings is 1. The van der Waals surface area contributed by atoms with Gasteiger partial charge in [-0.05, 0) is 45.0 Å². The van der Waals surface area contributed by atoms with Gasteiger partial charge in [0.05, 0.1) is 5.56 Å². The molecule has 0 bridgehead atoms. The van der Waals surface area contributed by atoms with Crippen LogP contribution in [-0.2, 0) is 0 Å². The molecule has 0 radical (unpaired) electrons. The van der Waals surface area contributed by atoms with Gasteiger partial charge in [-0.2, -0.15) is 0 Å². The maximum absolute atomic E-state index is 12.5. The average molecular weight is 264 g/mol. The number of phenols is 2. The van der Waals surface area contributed by atoms with E-state index < -0.39 is 0 Å². The highest BCUT2D eigenvalue weighted by Gasteiger charge is 2.26. The molecule has 1 aliphatic heterocycles. The Morgan fingerprint density at radius 1 is 1.37 bits per heavy atom. The molecule has 0 spiro atoms. The minimum absolute atomic E-state index is 0.0426. The molecule has 1 aliphatic rings. The molecule has 0 aliphatic carbocycles. The third-order valence-corrected chi connectivity index (χ3v) is 3.56. The summed E-state index contributed by atoms with van der Waals surface area (Å²) in [6.45, 7) is 4.38. The molecule has 5 heteroatoms. The van der Waals surface area contributed by atoms with Gasteiger partial charge in [-0.15, -0.1) is 0 Å². The van der Waals surface area contributed by atoms with Crippen molar-refractivity contribution in [1.82, 2.24) is 10.2 Å². The summed E-state index contributed by atoms with van der Waals surface area (Å²) in [4.78, 5) is 14.3. The van der Waals surface area contributed by atoms with Gasteiger partial charge < -0.3 is 20.4 Å². The molecule has 0 aromatic heterocycles. The quantitative estimate of drug-likeness (QED) is 0.769. The molecule has 1 aromatic rings. The Balaban J connectivity index is 2.19. The second-order valence-corrected chi connectivity index (χ2v) is 4.77. The van der Waals surface area contributed by atoms with E-state index in [0.717, 1.165) is 25.9 Å². The molecule has 0 saturated carbocycles. The molecule has 1 fully saturated rings. The molecule has 19 heavy (non-hydrogen) atoms. The second-order valence-electron chi connectivity index (χ2n) is 4.77. The van der Waals surface area contributed by atoms with Crippen molar-refractivity contribution in [2.75, 3.05) is 19.6 Å². The highest BCUT2D eigenvalue weighted by Crippen LogP contribution is 2.25. The first kappa shape index (κ1) is 13.7. The second kappa shape index (κ2) is 5.93. The topological polar surface area (TPSA) is 72.8 Å². The SMILES string of the molecule is CCN(C(=O)c1ccc(O)cc1O)C1CCNCC1. The van der Waals surface area contributed by atoms with E-state index in [0.29, 0.717) is 6.54 Å². The number of hydrogen-bond donors (Lipinski definition) is 3. The third kappa shape index (κ3) is 2.98. The number of carbonyl (C=O) groups is 1. The lowest BCUT2D eigenvalue weighted by atomic mass is 10.0. The molecular weight excluding hydrogens is 244 g/mol. The van der Waals surface area contributed by atoms with Crippen LogP contribution >= 0.6 is 0 Å². The zero-order valence-electron chi connectivity index (χ0n) is 11.1. The first-order valence-corrected chi connectivity index (χ1v) is 6.67. The van der Waals surface area contributed by atoms with Crippen LogP contribution in [0.2, 0.25) is 0 Å². The largest absolute Gasteiger partial charge is 0.508 e. The minimum Gasteiger partial charge on any atom is -0.508 e. The van der Waals surface area contributed by atoms with Gasteiger partial charge in [0.1, 0.15) is 11.5 Å². The highest BCUT2D eigenvalue weighted by molar-refractivity contribution is 5.97. The number of carbonyl (C=O) groups excluding carboxylic acids is 1. The van der Waals surface area contributed by atoms with Gasteiger partial charge in [-0.1, -0.05) is 0 Å². The Morgan fingerprint density at radius 3 is 2.63 bits per heavy atom. The van der Waals surface area contributed by atoms with Crippen LogP contribution in [0.25, 0.3) is 0 Å². The lowest BCUT2D eigenvalue weighted by Gasteiger charge is -2.34. The molecule has 0 atom stereocenters. The van der Waals surface area contributed by atoms with Crippen LogP contribution in [0.4, 0.5) is 0 Å². The van der Waals surface area contributed by atoms with E-state index in [1.54, 1.807) is 4.90 Å². The number of amides is 1. The fraction of sp³-hybridized carbons (Fsp3) is 0.500. The van der Waals surface area contributed by atoms with E-state index in [-0.39, 0.29) is 29.0 Å². The summed E-state index contributed by atoms with van der Waals surface area (Å²) in [5.74, 6) is -0.386. The molecule has 1 aromatic carbocycles. The summed E-state index contributed by atoms with van der Waals surface area (Å²) in [6.07, 6.45) is 1.86. The average Bonchev–Trinajstić information content (AvgIpc) is 2.40. The number of rotatable bonds is 3. The normalized spacial score (nSPS) is 16.3. The van der Waals surface area contributed by atoms with E-state index in [2.05, 4.69) is 5.32 Å². The van der Waals surface area contributed by atoms with Crippen molar-refractivity contribution in [1.29, 1.82) is 0 Å². The molecule has 1 amide bonds. The number of benzene rings is 1. The highest BCUT2D eigenvalue weighted by atomic mass is 16.3. The maximum Gasteiger partial charge on any atom is 0.257 e. The molecule has 1 heterocycles. The molecule has 5 nitrogen and oxygen atoms in total. The number of nitrogens with zero attached hydrogens (tertiary/aromatic N) is 1. The first-order valence-electron chi connectivity index (χ1n) is 6.67. The molecule has 1 saturated heterocycles. The molecule has 0 unspecified atom stereocenters. The monoisotopic (exact) mass is 264 g/mol. The van der Waals surface area contributed by atoms with Gasteiger partial charge in [0, 0.05) is 18.7 Å². The van der Waals surface area contributed by atoms with Gasteiger partial charge >= 0.3 is 0 Å². The van der Waals surface area contributed by atoms with E-state index >= 15 is 0 Å². The van der Waals surface area contributed by atoms with Gasteiger partial charge in [0.15, 0.2) is 0 Å². The maximum atomic E-state index is 12.5. The van der Waals surface area contributed by atoms with Crippen molar-refractivity contribution in [3.63, 3.8) is 0 Å². The van der Waals surface area contributed by atoms with Crippen LogP contribution in [0.5, 0.6) is 11.5 Å². The standard InChI is InChI=1S/C14H20N2O3/c1-2-16(10-5-7-15-8-6-10)14(19)12-4-3-11(17)9-13(12)18/h3-4,9-10,15,17-18H,2,5-8H2,1H3. The van der Waals surface area contributed by atoms with Gasteiger partial charge in [0.2, 0.25) is 0 Å². The first-order chi connectivity index (χ1) is 9.13. The van der Waals surface area contributed by atoms with Crippen molar-refractivity contribution in [2.45, 2.75) is 25.8 Å². The Labute approximate surface area is 112 Å². The summed E-state index contributed by atoms with van der Waals surface area (Å²) in [5, 5.41) is 22.3. The molecule has 3 N–H and O–H groups in total. The van der Waals surface area contributed by atoms with Crippen molar-refractivity contribution < 1.29 is 15.0 Å². The van der Waals surface area contributed by atoms with Crippen LogP contribution in [0, 0.1) is 0 Å². The molecular formula is C14H20N2O3. The Kier molecular flexibility index (Phi) is 4.27. The predicted molar refractivity (Wildman–Crippen MR) is 72.4 cm³/mol.